The SMILES string of the molecule is O[C@@H](COc1ccc2ccc3ccccc3c2c1)CN1CCCCC1. The Kier molecular flexibility index (Phi) is 4.86. The molecular weight excluding hydrogens is 310 g/mol. The van der Waals surface area contributed by atoms with Crippen molar-refractivity contribution < 1.29 is 9.84 Å². The minimum Gasteiger partial charge on any atom is -0.491 e. The van der Waals surface area contributed by atoms with Crippen molar-refractivity contribution in [2.24, 2.45) is 0 Å². The highest BCUT2D eigenvalue weighted by atomic mass is 16.5. The highest BCUT2D eigenvalue weighted by Gasteiger charge is 2.15. The van der Waals surface area contributed by atoms with Crippen molar-refractivity contribution in [1.82, 2.24) is 4.90 Å². The molecule has 0 saturated carbocycles. The van der Waals surface area contributed by atoms with Crippen molar-refractivity contribution >= 4 is 21.5 Å². The lowest BCUT2D eigenvalue weighted by Gasteiger charge is -2.28. The van der Waals surface area contributed by atoms with E-state index < -0.39 is 6.10 Å². The molecule has 1 N–H and O–H groups in total. The molecule has 1 aliphatic heterocycles. The van der Waals surface area contributed by atoms with Gasteiger partial charge in [0.05, 0.1) is 0 Å². The molecule has 0 amide bonds. The Morgan fingerprint density at radius 2 is 1.60 bits per heavy atom. The molecule has 3 aromatic carbocycles. The molecule has 130 valence electrons. The number of piperidine rings is 1. The normalized spacial score (nSPS) is 17.0. The second-order valence-electron chi connectivity index (χ2n) is 7.00. The first-order chi connectivity index (χ1) is 12.3. The van der Waals surface area contributed by atoms with E-state index in [1.165, 1.54) is 40.8 Å². The summed E-state index contributed by atoms with van der Waals surface area (Å²) >= 11 is 0. The van der Waals surface area contributed by atoms with Gasteiger partial charge in [-0.15, -0.1) is 0 Å². The van der Waals surface area contributed by atoms with Gasteiger partial charge in [-0.2, -0.15) is 0 Å². The van der Waals surface area contributed by atoms with Crippen LogP contribution in [0, 0.1) is 0 Å². The van der Waals surface area contributed by atoms with Gasteiger partial charge in [-0.1, -0.05) is 48.9 Å². The molecule has 4 rings (SSSR count). The van der Waals surface area contributed by atoms with Gasteiger partial charge >= 0.3 is 0 Å². The monoisotopic (exact) mass is 335 g/mol. The fraction of sp³-hybridized carbons (Fsp3) is 0.364. The van der Waals surface area contributed by atoms with E-state index in [-0.39, 0.29) is 0 Å². The molecule has 0 aromatic heterocycles. The Labute approximate surface area is 148 Å². The van der Waals surface area contributed by atoms with E-state index in [2.05, 4.69) is 53.4 Å². The van der Waals surface area contributed by atoms with Crippen molar-refractivity contribution in [2.45, 2.75) is 25.4 Å². The summed E-state index contributed by atoms with van der Waals surface area (Å²) in [5.74, 6) is 0.821. The number of nitrogens with zero attached hydrogens (tertiary/aromatic N) is 1. The number of hydrogen-bond acceptors (Lipinski definition) is 3. The van der Waals surface area contributed by atoms with Crippen LogP contribution < -0.4 is 4.74 Å². The zero-order chi connectivity index (χ0) is 17.1. The van der Waals surface area contributed by atoms with Crippen LogP contribution in [0.4, 0.5) is 0 Å². The minimum absolute atomic E-state index is 0.340. The molecule has 25 heavy (non-hydrogen) atoms. The molecule has 1 fully saturated rings. The van der Waals surface area contributed by atoms with Crippen LogP contribution in [0.1, 0.15) is 19.3 Å². The summed E-state index contributed by atoms with van der Waals surface area (Å²) in [6.07, 6.45) is 3.35. The van der Waals surface area contributed by atoms with E-state index in [9.17, 15) is 5.11 Å². The third-order valence-corrected chi connectivity index (χ3v) is 5.08. The van der Waals surface area contributed by atoms with E-state index in [1.807, 2.05) is 6.07 Å². The van der Waals surface area contributed by atoms with Gasteiger partial charge in [0.1, 0.15) is 18.5 Å². The lowest BCUT2D eigenvalue weighted by atomic mass is 10.0. The molecule has 3 nitrogen and oxygen atoms in total. The Bertz CT molecular complexity index is 855. The van der Waals surface area contributed by atoms with Crippen LogP contribution in [0.25, 0.3) is 21.5 Å². The van der Waals surface area contributed by atoms with Crippen LogP contribution in [0.5, 0.6) is 5.75 Å². The first-order valence-electron chi connectivity index (χ1n) is 9.24. The predicted octanol–water partition coefficient (Wildman–Crippen LogP) is 4.22. The number of rotatable bonds is 5. The number of aliphatic hydroxyl groups is 1. The van der Waals surface area contributed by atoms with Crippen LogP contribution in [0.2, 0.25) is 0 Å². The molecule has 0 unspecified atom stereocenters. The van der Waals surface area contributed by atoms with Crippen LogP contribution in [-0.2, 0) is 0 Å². The Hall–Kier alpha value is -2.10. The average Bonchev–Trinajstić information content (AvgIpc) is 2.67. The Morgan fingerprint density at radius 3 is 2.44 bits per heavy atom. The minimum atomic E-state index is -0.443. The summed E-state index contributed by atoms with van der Waals surface area (Å²) in [5.41, 5.74) is 0. The second-order valence-corrected chi connectivity index (χ2v) is 7.00. The highest BCUT2D eigenvalue weighted by molar-refractivity contribution is 6.07. The van der Waals surface area contributed by atoms with Gasteiger partial charge in [-0.3, -0.25) is 0 Å². The van der Waals surface area contributed by atoms with Crippen LogP contribution in [0.3, 0.4) is 0 Å². The Morgan fingerprint density at radius 1 is 0.880 bits per heavy atom. The van der Waals surface area contributed by atoms with Gasteiger partial charge in [0.2, 0.25) is 0 Å². The largest absolute Gasteiger partial charge is 0.491 e. The summed E-state index contributed by atoms with van der Waals surface area (Å²) in [6, 6.07) is 18.9. The molecule has 0 radical (unpaired) electrons. The van der Waals surface area contributed by atoms with Crippen molar-refractivity contribution in [3.05, 3.63) is 54.6 Å². The van der Waals surface area contributed by atoms with Crippen LogP contribution >= 0.6 is 0 Å². The van der Waals surface area contributed by atoms with Crippen molar-refractivity contribution in [3.8, 4) is 5.75 Å². The van der Waals surface area contributed by atoms with E-state index >= 15 is 0 Å². The summed E-state index contributed by atoms with van der Waals surface area (Å²) in [7, 11) is 0. The summed E-state index contributed by atoms with van der Waals surface area (Å²) in [4.78, 5) is 2.34. The third-order valence-electron chi connectivity index (χ3n) is 5.08. The molecule has 1 atom stereocenters. The molecular formula is C22H25NO2. The number of aliphatic hydroxyl groups excluding tert-OH is 1. The maximum Gasteiger partial charge on any atom is 0.120 e. The maximum absolute atomic E-state index is 10.3. The summed E-state index contributed by atoms with van der Waals surface area (Å²) in [6.45, 7) is 3.24. The molecule has 1 heterocycles. The smallest absolute Gasteiger partial charge is 0.120 e. The first kappa shape index (κ1) is 16.4. The standard InChI is InChI=1S/C22H25NO2/c24-19(15-23-12-4-1-5-13-23)16-25-20-11-10-18-9-8-17-6-2-3-7-21(17)22(18)14-20/h2-3,6-11,14,19,24H,1,4-5,12-13,15-16H2/t19-/m1/s1. The van der Waals surface area contributed by atoms with Gasteiger partial charge in [0.15, 0.2) is 0 Å². The zero-order valence-electron chi connectivity index (χ0n) is 14.5. The van der Waals surface area contributed by atoms with Gasteiger partial charge in [0, 0.05) is 6.54 Å². The summed E-state index contributed by atoms with van der Waals surface area (Å²) in [5, 5.41) is 15.2. The van der Waals surface area contributed by atoms with E-state index in [4.69, 9.17) is 4.74 Å². The maximum atomic E-state index is 10.3. The summed E-state index contributed by atoms with van der Waals surface area (Å²) < 4.78 is 5.89. The lowest BCUT2D eigenvalue weighted by molar-refractivity contribution is 0.0618. The lowest BCUT2D eigenvalue weighted by Crippen LogP contribution is -2.38. The molecule has 3 heteroatoms. The van der Waals surface area contributed by atoms with Gasteiger partial charge in [0.25, 0.3) is 0 Å². The topological polar surface area (TPSA) is 32.7 Å². The fourth-order valence-corrected chi connectivity index (χ4v) is 3.76. The molecule has 0 aliphatic carbocycles. The molecule has 0 spiro atoms. The highest BCUT2D eigenvalue weighted by Crippen LogP contribution is 2.28. The Balaban J connectivity index is 1.47. The number of hydrogen-bond donors (Lipinski definition) is 1. The van der Waals surface area contributed by atoms with Crippen molar-refractivity contribution in [3.63, 3.8) is 0 Å². The van der Waals surface area contributed by atoms with Gasteiger partial charge < -0.3 is 14.7 Å². The van der Waals surface area contributed by atoms with Crippen LogP contribution in [0.15, 0.2) is 54.6 Å². The number of ether oxygens (including phenoxy) is 1. The molecule has 1 aliphatic rings. The van der Waals surface area contributed by atoms with E-state index in [1.54, 1.807) is 0 Å². The zero-order valence-corrected chi connectivity index (χ0v) is 14.5. The first-order valence-corrected chi connectivity index (χ1v) is 9.24. The third kappa shape index (κ3) is 3.78. The van der Waals surface area contributed by atoms with E-state index in [0.29, 0.717) is 13.2 Å². The van der Waals surface area contributed by atoms with E-state index in [0.717, 1.165) is 18.8 Å². The molecule has 1 saturated heterocycles. The predicted molar refractivity (Wildman–Crippen MR) is 103 cm³/mol. The number of β-amino-alcohol motifs (C(OH)–C–C–N with tert-alkyl or cyclic N) is 1. The number of likely N-dealkylation sites (tertiary alicyclic amines) is 1. The van der Waals surface area contributed by atoms with Crippen molar-refractivity contribution in [1.29, 1.82) is 0 Å². The van der Waals surface area contributed by atoms with Crippen molar-refractivity contribution in [2.75, 3.05) is 26.2 Å². The number of fused-ring (bicyclic) bond motifs is 3. The van der Waals surface area contributed by atoms with Gasteiger partial charge in [-0.05, 0) is 59.6 Å². The molecule has 3 aromatic rings. The second kappa shape index (κ2) is 7.42. The van der Waals surface area contributed by atoms with Gasteiger partial charge in [-0.25, -0.2) is 0 Å². The molecule has 0 bridgehead atoms. The number of benzene rings is 3. The fourth-order valence-electron chi connectivity index (χ4n) is 3.76. The van der Waals surface area contributed by atoms with Crippen LogP contribution in [-0.4, -0.2) is 42.4 Å². The average molecular weight is 335 g/mol. The quantitative estimate of drug-likeness (QED) is 0.709.